The van der Waals surface area contributed by atoms with Crippen LogP contribution in [0.5, 0.6) is 0 Å². The number of para-hydroxylation sites is 1. The van der Waals surface area contributed by atoms with Crippen molar-refractivity contribution in [1.29, 1.82) is 0 Å². The van der Waals surface area contributed by atoms with Crippen LogP contribution < -0.4 is 5.32 Å². The molecular weight excluding hydrogens is 264 g/mol. The number of nitrogens with zero attached hydrogens (tertiary/aromatic N) is 1. The Hall–Kier alpha value is -2.00. The third kappa shape index (κ3) is 3.31. The minimum atomic E-state index is 0.908. The minimum absolute atomic E-state index is 0.908. The van der Waals surface area contributed by atoms with Gasteiger partial charge in [0.15, 0.2) is 0 Å². The molecule has 1 N–H and O–H groups in total. The zero-order valence-corrected chi connectivity index (χ0v) is 11.9. The Balaban J connectivity index is 1.55. The molecule has 0 fully saturated rings. The van der Waals surface area contributed by atoms with Crippen molar-refractivity contribution < 1.29 is 0 Å². The molecule has 0 radical (unpaired) electrons. The summed E-state index contributed by atoms with van der Waals surface area (Å²) in [6, 6.07) is 22.8. The first-order valence-corrected chi connectivity index (χ1v) is 7.68. The van der Waals surface area contributed by atoms with Gasteiger partial charge in [0, 0.05) is 22.6 Å². The zero-order valence-electron chi connectivity index (χ0n) is 11.1. The molecule has 0 saturated heterocycles. The Kier molecular flexibility index (Phi) is 4.19. The lowest BCUT2D eigenvalue weighted by Gasteiger charge is -2.06. The Morgan fingerprint density at radius 2 is 1.65 bits per heavy atom. The Labute approximate surface area is 123 Å². The molecule has 1 heterocycles. The first-order valence-electron chi connectivity index (χ1n) is 6.69. The molecule has 20 heavy (non-hydrogen) atoms. The maximum absolute atomic E-state index is 4.60. The number of fused-ring (bicyclic) bond motifs is 1. The Morgan fingerprint density at radius 1 is 0.850 bits per heavy atom. The van der Waals surface area contributed by atoms with Crippen molar-refractivity contribution in [3.05, 3.63) is 66.7 Å². The molecule has 0 atom stereocenters. The highest BCUT2D eigenvalue weighted by atomic mass is 32.2. The molecule has 0 aliphatic carbocycles. The third-order valence-corrected chi connectivity index (χ3v) is 4.03. The number of aromatic nitrogens is 1. The summed E-state index contributed by atoms with van der Waals surface area (Å²) in [6.07, 6.45) is 0. The van der Waals surface area contributed by atoms with Gasteiger partial charge in [-0.1, -0.05) is 36.4 Å². The van der Waals surface area contributed by atoms with E-state index in [2.05, 4.69) is 46.7 Å². The quantitative estimate of drug-likeness (QED) is 0.552. The van der Waals surface area contributed by atoms with Crippen molar-refractivity contribution in [2.75, 3.05) is 17.6 Å². The first-order chi connectivity index (χ1) is 9.92. The van der Waals surface area contributed by atoms with Gasteiger partial charge in [0.1, 0.15) is 5.82 Å². The van der Waals surface area contributed by atoms with E-state index < -0.39 is 0 Å². The van der Waals surface area contributed by atoms with Crippen molar-refractivity contribution in [2.24, 2.45) is 0 Å². The van der Waals surface area contributed by atoms with Gasteiger partial charge in [-0.3, -0.25) is 0 Å². The largest absolute Gasteiger partial charge is 0.369 e. The van der Waals surface area contributed by atoms with Crippen molar-refractivity contribution in [3.63, 3.8) is 0 Å². The highest BCUT2D eigenvalue weighted by Gasteiger charge is 1.97. The fraction of sp³-hybridized carbons (Fsp3) is 0.118. The highest BCUT2D eigenvalue weighted by Crippen LogP contribution is 2.17. The normalized spacial score (nSPS) is 10.6. The standard InChI is InChI=1S/C17H16N2S/c1-2-7-15(8-3-1)20-13-12-18-17-11-10-14-6-4-5-9-16(14)19-17/h1-11H,12-13H2,(H,18,19). The second-order valence-corrected chi connectivity index (χ2v) is 5.65. The molecule has 3 rings (SSSR count). The van der Waals surface area contributed by atoms with Crippen LogP contribution in [0, 0.1) is 0 Å². The average Bonchev–Trinajstić information content (AvgIpc) is 2.52. The summed E-state index contributed by atoms with van der Waals surface area (Å²) in [5, 5.41) is 4.55. The number of pyridine rings is 1. The van der Waals surface area contributed by atoms with Gasteiger partial charge in [0.2, 0.25) is 0 Å². The van der Waals surface area contributed by atoms with Crippen molar-refractivity contribution in [2.45, 2.75) is 4.90 Å². The van der Waals surface area contributed by atoms with E-state index in [-0.39, 0.29) is 0 Å². The molecule has 100 valence electrons. The summed E-state index contributed by atoms with van der Waals surface area (Å²) < 4.78 is 0. The minimum Gasteiger partial charge on any atom is -0.369 e. The smallest absolute Gasteiger partial charge is 0.126 e. The van der Waals surface area contributed by atoms with Crippen LogP contribution in [0.25, 0.3) is 10.9 Å². The fourth-order valence-corrected chi connectivity index (χ4v) is 2.82. The van der Waals surface area contributed by atoms with Crippen LogP contribution in [-0.2, 0) is 0 Å². The molecule has 0 aliphatic rings. The molecule has 2 nitrogen and oxygen atoms in total. The van der Waals surface area contributed by atoms with Crippen LogP contribution in [-0.4, -0.2) is 17.3 Å². The van der Waals surface area contributed by atoms with Gasteiger partial charge in [0.05, 0.1) is 5.52 Å². The SMILES string of the molecule is c1ccc(SCCNc2ccc3ccccc3n2)cc1. The summed E-state index contributed by atoms with van der Waals surface area (Å²) >= 11 is 1.85. The molecule has 0 spiro atoms. The van der Waals surface area contributed by atoms with Gasteiger partial charge in [-0.05, 0) is 30.3 Å². The van der Waals surface area contributed by atoms with Gasteiger partial charge in [-0.25, -0.2) is 4.98 Å². The molecule has 0 unspecified atom stereocenters. The van der Waals surface area contributed by atoms with Crippen LogP contribution in [0.4, 0.5) is 5.82 Å². The van der Waals surface area contributed by atoms with Crippen molar-refractivity contribution >= 4 is 28.5 Å². The predicted molar refractivity (Wildman–Crippen MR) is 87.4 cm³/mol. The molecule has 0 saturated carbocycles. The van der Waals surface area contributed by atoms with Gasteiger partial charge >= 0.3 is 0 Å². The van der Waals surface area contributed by atoms with Crippen LogP contribution in [0.3, 0.4) is 0 Å². The molecule has 3 aromatic rings. The monoisotopic (exact) mass is 280 g/mol. The molecular formula is C17H16N2S. The maximum Gasteiger partial charge on any atom is 0.126 e. The molecule has 1 aromatic heterocycles. The second kappa shape index (κ2) is 6.44. The van der Waals surface area contributed by atoms with E-state index in [0.29, 0.717) is 0 Å². The lowest BCUT2D eigenvalue weighted by atomic mass is 10.2. The first kappa shape index (κ1) is 13.0. The lowest BCUT2D eigenvalue weighted by Crippen LogP contribution is -2.05. The summed E-state index contributed by atoms with van der Waals surface area (Å²) in [7, 11) is 0. The van der Waals surface area contributed by atoms with Gasteiger partial charge in [-0.15, -0.1) is 11.8 Å². The summed E-state index contributed by atoms with van der Waals surface area (Å²) in [5.41, 5.74) is 1.04. The third-order valence-electron chi connectivity index (χ3n) is 3.02. The number of hydrogen-bond acceptors (Lipinski definition) is 3. The van der Waals surface area contributed by atoms with E-state index in [1.165, 1.54) is 10.3 Å². The van der Waals surface area contributed by atoms with Gasteiger partial charge < -0.3 is 5.32 Å². The zero-order chi connectivity index (χ0) is 13.6. The molecule has 0 amide bonds. The Bertz CT molecular complexity index is 683. The van der Waals surface area contributed by atoms with Crippen LogP contribution in [0.1, 0.15) is 0 Å². The van der Waals surface area contributed by atoms with E-state index >= 15 is 0 Å². The van der Waals surface area contributed by atoms with Gasteiger partial charge in [-0.2, -0.15) is 0 Å². The van der Waals surface area contributed by atoms with Crippen molar-refractivity contribution in [1.82, 2.24) is 4.98 Å². The average molecular weight is 280 g/mol. The fourth-order valence-electron chi connectivity index (χ4n) is 2.03. The highest BCUT2D eigenvalue weighted by molar-refractivity contribution is 7.99. The number of hydrogen-bond donors (Lipinski definition) is 1. The number of anilines is 1. The lowest BCUT2D eigenvalue weighted by molar-refractivity contribution is 1.18. The van der Waals surface area contributed by atoms with Crippen LogP contribution in [0.2, 0.25) is 0 Å². The molecule has 3 heteroatoms. The summed E-state index contributed by atoms with van der Waals surface area (Å²) in [5.74, 6) is 1.97. The topological polar surface area (TPSA) is 24.9 Å². The predicted octanol–water partition coefficient (Wildman–Crippen LogP) is 4.44. The van der Waals surface area contributed by atoms with Crippen LogP contribution in [0.15, 0.2) is 71.6 Å². The van der Waals surface area contributed by atoms with E-state index in [9.17, 15) is 0 Å². The van der Waals surface area contributed by atoms with E-state index in [1.54, 1.807) is 0 Å². The Morgan fingerprint density at radius 3 is 2.55 bits per heavy atom. The van der Waals surface area contributed by atoms with Gasteiger partial charge in [0.25, 0.3) is 0 Å². The number of nitrogens with one attached hydrogen (secondary N) is 1. The maximum atomic E-state index is 4.60. The number of thioether (sulfide) groups is 1. The number of benzene rings is 2. The summed E-state index contributed by atoms with van der Waals surface area (Å²) in [4.78, 5) is 5.91. The number of rotatable bonds is 5. The summed E-state index contributed by atoms with van der Waals surface area (Å²) in [6.45, 7) is 0.908. The van der Waals surface area contributed by atoms with Crippen molar-refractivity contribution in [3.8, 4) is 0 Å². The van der Waals surface area contributed by atoms with E-state index in [4.69, 9.17) is 0 Å². The van der Waals surface area contributed by atoms with E-state index in [1.807, 2.05) is 42.1 Å². The second-order valence-electron chi connectivity index (χ2n) is 4.48. The molecule has 0 bridgehead atoms. The molecule has 0 aliphatic heterocycles. The molecule has 2 aromatic carbocycles. The van der Waals surface area contributed by atoms with E-state index in [0.717, 1.165) is 23.6 Å². The van der Waals surface area contributed by atoms with Crippen LogP contribution >= 0.6 is 11.8 Å².